The second-order valence-corrected chi connectivity index (χ2v) is 6.45. The van der Waals surface area contributed by atoms with Crippen LogP contribution in [0.2, 0.25) is 0 Å². The second-order valence-electron chi connectivity index (χ2n) is 5.60. The molecule has 5 heteroatoms. The van der Waals surface area contributed by atoms with Crippen LogP contribution in [-0.2, 0) is 6.42 Å². The van der Waals surface area contributed by atoms with Gasteiger partial charge in [0.1, 0.15) is 5.82 Å². The van der Waals surface area contributed by atoms with E-state index in [1.807, 2.05) is 67.8 Å². The Kier molecular flexibility index (Phi) is 5.46. The zero-order valence-electron chi connectivity index (χ0n) is 14.2. The van der Waals surface area contributed by atoms with Crippen molar-refractivity contribution in [3.63, 3.8) is 0 Å². The number of para-hydroxylation sites is 1. The van der Waals surface area contributed by atoms with Gasteiger partial charge in [0.05, 0.1) is 16.9 Å². The molecule has 1 N–H and O–H groups in total. The van der Waals surface area contributed by atoms with Gasteiger partial charge in [0, 0.05) is 17.5 Å². The summed E-state index contributed by atoms with van der Waals surface area (Å²) >= 11 is 1.59. The van der Waals surface area contributed by atoms with Gasteiger partial charge in [-0.2, -0.15) is 0 Å². The predicted octanol–water partition coefficient (Wildman–Crippen LogP) is 4.35. The molecule has 3 rings (SSSR count). The first-order valence-corrected chi connectivity index (χ1v) is 9.20. The minimum Gasteiger partial charge on any atom is -0.321 e. The summed E-state index contributed by atoms with van der Waals surface area (Å²) in [5.41, 5.74) is 3.12. The van der Waals surface area contributed by atoms with E-state index in [4.69, 9.17) is 0 Å². The molecule has 25 heavy (non-hydrogen) atoms. The highest BCUT2D eigenvalue weighted by atomic mass is 32.2. The molecule has 0 unspecified atom stereocenters. The van der Waals surface area contributed by atoms with E-state index in [1.54, 1.807) is 18.0 Å². The van der Waals surface area contributed by atoms with Gasteiger partial charge < -0.3 is 5.32 Å². The van der Waals surface area contributed by atoms with Gasteiger partial charge in [-0.05, 0) is 30.9 Å². The number of aryl methyl sites for hydroxylation is 1. The highest BCUT2D eigenvalue weighted by Crippen LogP contribution is 2.25. The molecule has 0 bridgehead atoms. The van der Waals surface area contributed by atoms with E-state index in [9.17, 15) is 4.79 Å². The molecule has 4 nitrogen and oxygen atoms in total. The Balaban J connectivity index is 1.77. The maximum Gasteiger partial charge on any atom is 0.259 e. The molecule has 126 valence electrons. The van der Waals surface area contributed by atoms with E-state index >= 15 is 0 Å². The molecule has 0 saturated carbocycles. The van der Waals surface area contributed by atoms with Crippen molar-refractivity contribution in [2.24, 2.45) is 0 Å². The molecule has 0 spiro atoms. The van der Waals surface area contributed by atoms with Crippen LogP contribution in [0.5, 0.6) is 0 Å². The third-order valence-corrected chi connectivity index (χ3v) is 4.63. The van der Waals surface area contributed by atoms with Crippen molar-refractivity contribution in [2.45, 2.75) is 18.2 Å². The summed E-state index contributed by atoms with van der Waals surface area (Å²) in [6.07, 6.45) is 4.24. The molecule has 2 aromatic carbocycles. The number of amides is 1. The minimum atomic E-state index is -0.190. The van der Waals surface area contributed by atoms with Crippen LogP contribution in [0.25, 0.3) is 0 Å². The zero-order chi connectivity index (χ0) is 17.6. The summed E-state index contributed by atoms with van der Waals surface area (Å²) in [5, 5.41) is 2.95. The number of nitrogens with zero attached hydrogens (tertiary/aromatic N) is 2. The minimum absolute atomic E-state index is 0.190. The first-order chi connectivity index (χ1) is 12.2. The quantitative estimate of drug-likeness (QED) is 0.696. The van der Waals surface area contributed by atoms with Crippen LogP contribution < -0.4 is 5.32 Å². The van der Waals surface area contributed by atoms with Crippen LogP contribution >= 0.6 is 11.8 Å². The average molecular weight is 349 g/mol. The first-order valence-electron chi connectivity index (χ1n) is 7.98. The molecule has 3 aromatic rings. The van der Waals surface area contributed by atoms with Crippen molar-refractivity contribution >= 4 is 23.4 Å². The average Bonchev–Trinajstić information content (AvgIpc) is 2.63. The second kappa shape index (κ2) is 7.94. The van der Waals surface area contributed by atoms with E-state index in [-0.39, 0.29) is 5.91 Å². The van der Waals surface area contributed by atoms with Crippen LogP contribution in [0.3, 0.4) is 0 Å². The Morgan fingerprint density at radius 3 is 2.52 bits per heavy atom. The maximum absolute atomic E-state index is 12.6. The molecule has 1 aromatic heterocycles. The van der Waals surface area contributed by atoms with Gasteiger partial charge in [0.15, 0.2) is 0 Å². The van der Waals surface area contributed by atoms with Crippen LogP contribution in [0.4, 0.5) is 5.69 Å². The third-order valence-electron chi connectivity index (χ3n) is 3.83. The first kappa shape index (κ1) is 17.2. The van der Waals surface area contributed by atoms with E-state index in [0.29, 0.717) is 23.5 Å². The molecular weight excluding hydrogens is 330 g/mol. The van der Waals surface area contributed by atoms with E-state index < -0.39 is 0 Å². The lowest BCUT2D eigenvalue weighted by Crippen LogP contribution is -2.16. The Hall–Kier alpha value is -2.66. The SMILES string of the molecule is CSc1ccccc1NC(=O)c1cnc(Cc2ccccc2)nc1C. The monoisotopic (exact) mass is 349 g/mol. The molecule has 0 aliphatic carbocycles. The molecule has 0 atom stereocenters. The normalized spacial score (nSPS) is 10.5. The smallest absolute Gasteiger partial charge is 0.259 e. The largest absolute Gasteiger partial charge is 0.321 e. The van der Waals surface area contributed by atoms with Gasteiger partial charge in [-0.25, -0.2) is 9.97 Å². The van der Waals surface area contributed by atoms with Gasteiger partial charge in [-0.15, -0.1) is 11.8 Å². The number of aromatic nitrogens is 2. The topological polar surface area (TPSA) is 54.9 Å². The van der Waals surface area contributed by atoms with E-state index in [1.165, 1.54) is 0 Å². The predicted molar refractivity (Wildman–Crippen MR) is 102 cm³/mol. The van der Waals surface area contributed by atoms with Gasteiger partial charge in [-0.3, -0.25) is 4.79 Å². The summed E-state index contributed by atoms with van der Waals surface area (Å²) in [6, 6.07) is 17.8. The maximum atomic E-state index is 12.6. The lowest BCUT2D eigenvalue weighted by molar-refractivity contribution is 0.102. The number of nitrogens with one attached hydrogen (secondary N) is 1. The van der Waals surface area contributed by atoms with Crippen molar-refractivity contribution < 1.29 is 4.79 Å². The number of rotatable bonds is 5. The molecule has 0 saturated heterocycles. The third kappa shape index (κ3) is 4.25. The molecule has 1 heterocycles. The fraction of sp³-hybridized carbons (Fsp3) is 0.150. The fourth-order valence-electron chi connectivity index (χ4n) is 2.54. The van der Waals surface area contributed by atoms with E-state index in [2.05, 4.69) is 15.3 Å². The Labute approximate surface area is 151 Å². The van der Waals surface area contributed by atoms with Crippen molar-refractivity contribution in [2.75, 3.05) is 11.6 Å². The van der Waals surface area contributed by atoms with Gasteiger partial charge in [0.2, 0.25) is 0 Å². The summed E-state index contributed by atoms with van der Waals surface area (Å²) in [6.45, 7) is 1.84. The summed E-state index contributed by atoms with van der Waals surface area (Å²) in [5.74, 6) is 0.523. The fourth-order valence-corrected chi connectivity index (χ4v) is 3.09. The summed E-state index contributed by atoms with van der Waals surface area (Å²) in [7, 11) is 0. The number of carbonyl (C=O) groups excluding carboxylic acids is 1. The Bertz CT molecular complexity index is 881. The molecule has 0 radical (unpaired) electrons. The lowest BCUT2D eigenvalue weighted by atomic mass is 10.1. The molecular formula is C20H19N3OS. The van der Waals surface area contributed by atoms with Crippen molar-refractivity contribution in [1.82, 2.24) is 9.97 Å². The Morgan fingerprint density at radius 2 is 1.80 bits per heavy atom. The number of carbonyl (C=O) groups is 1. The van der Waals surface area contributed by atoms with Gasteiger partial charge in [0.25, 0.3) is 5.91 Å². The van der Waals surface area contributed by atoms with Crippen LogP contribution in [0.1, 0.15) is 27.4 Å². The number of hydrogen-bond acceptors (Lipinski definition) is 4. The number of benzene rings is 2. The molecule has 1 amide bonds. The number of thioether (sulfide) groups is 1. The molecule has 0 aliphatic heterocycles. The van der Waals surface area contributed by atoms with Crippen molar-refractivity contribution in [1.29, 1.82) is 0 Å². The summed E-state index contributed by atoms with van der Waals surface area (Å²) < 4.78 is 0. The van der Waals surface area contributed by atoms with E-state index in [0.717, 1.165) is 16.1 Å². The number of hydrogen-bond donors (Lipinski definition) is 1. The number of anilines is 1. The Morgan fingerprint density at radius 1 is 1.08 bits per heavy atom. The highest BCUT2D eigenvalue weighted by molar-refractivity contribution is 7.98. The van der Waals surface area contributed by atoms with Crippen LogP contribution in [-0.4, -0.2) is 22.1 Å². The summed E-state index contributed by atoms with van der Waals surface area (Å²) in [4.78, 5) is 22.5. The highest BCUT2D eigenvalue weighted by Gasteiger charge is 2.13. The van der Waals surface area contributed by atoms with Crippen LogP contribution in [0, 0.1) is 6.92 Å². The van der Waals surface area contributed by atoms with Crippen LogP contribution in [0.15, 0.2) is 65.7 Å². The molecule has 0 aliphatic rings. The standard InChI is InChI=1S/C20H19N3OS/c1-14-16(20(24)23-17-10-6-7-11-18(17)25-2)13-21-19(22-14)12-15-8-4-3-5-9-15/h3-11,13H,12H2,1-2H3,(H,23,24). The van der Waals surface area contributed by atoms with Crippen molar-refractivity contribution in [3.05, 3.63) is 83.4 Å². The molecule has 0 fully saturated rings. The zero-order valence-corrected chi connectivity index (χ0v) is 15.0. The van der Waals surface area contributed by atoms with Gasteiger partial charge in [-0.1, -0.05) is 42.5 Å². The lowest BCUT2D eigenvalue weighted by Gasteiger charge is -2.11. The van der Waals surface area contributed by atoms with Gasteiger partial charge >= 0.3 is 0 Å². The van der Waals surface area contributed by atoms with Crippen molar-refractivity contribution in [3.8, 4) is 0 Å².